The van der Waals surface area contributed by atoms with Gasteiger partial charge in [-0.05, 0) is 6.92 Å². The molecule has 1 heterocycles. The fourth-order valence-corrected chi connectivity index (χ4v) is 1.70. The van der Waals surface area contributed by atoms with Crippen LogP contribution in [0.4, 0.5) is 4.39 Å². The highest BCUT2D eigenvalue weighted by atomic mass is 19.1. The minimum Gasteiger partial charge on any atom is -0.340 e. The van der Waals surface area contributed by atoms with Crippen LogP contribution in [0.3, 0.4) is 0 Å². The zero-order chi connectivity index (χ0) is 9.35. The van der Waals surface area contributed by atoms with Crippen LogP contribution in [0.1, 0.15) is 26.7 Å². The van der Waals surface area contributed by atoms with Gasteiger partial charge in [-0.25, -0.2) is 4.39 Å². The number of alkyl halides is 1. The Hall–Kier alpha value is -0.640. The number of hydrogen-bond donors (Lipinski definition) is 1. The van der Waals surface area contributed by atoms with Gasteiger partial charge >= 0.3 is 0 Å². The van der Waals surface area contributed by atoms with Gasteiger partial charge in [-0.2, -0.15) is 0 Å². The molecule has 1 amide bonds. The number of nitrogens with two attached hydrogens (primary N) is 1. The van der Waals surface area contributed by atoms with E-state index < -0.39 is 5.79 Å². The van der Waals surface area contributed by atoms with Crippen LogP contribution in [0, 0.1) is 0 Å². The molecule has 1 aliphatic heterocycles. The van der Waals surface area contributed by atoms with E-state index in [1.54, 1.807) is 4.90 Å². The summed E-state index contributed by atoms with van der Waals surface area (Å²) >= 11 is 0. The summed E-state index contributed by atoms with van der Waals surface area (Å²) in [6, 6.07) is -0.0775. The lowest BCUT2D eigenvalue weighted by Gasteiger charge is -2.38. The normalized spacial score (nSPS) is 36.7. The van der Waals surface area contributed by atoms with Crippen molar-refractivity contribution < 1.29 is 9.18 Å². The van der Waals surface area contributed by atoms with Crippen LogP contribution in [0.25, 0.3) is 0 Å². The smallest absolute Gasteiger partial charge is 0.219 e. The summed E-state index contributed by atoms with van der Waals surface area (Å²) in [5, 5.41) is 0. The quantitative estimate of drug-likeness (QED) is 0.548. The number of carbonyl (C=O) groups excluding carboxylic acids is 1. The maximum atomic E-state index is 13.2. The van der Waals surface area contributed by atoms with E-state index in [9.17, 15) is 9.18 Å². The van der Waals surface area contributed by atoms with Gasteiger partial charge in [0.15, 0.2) is 5.79 Å². The minimum absolute atomic E-state index is 0.00185. The third-order valence-electron chi connectivity index (χ3n) is 2.34. The third kappa shape index (κ3) is 1.94. The second-order valence-electron chi connectivity index (χ2n) is 3.55. The molecule has 1 unspecified atom stereocenters. The zero-order valence-electron chi connectivity index (χ0n) is 7.51. The molecule has 4 heteroatoms. The van der Waals surface area contributed by atoms with Crippen molar-refractivity contribution in [3.8, 4) is 0 Å². The summed E-state index contributed by atoms with van der Waals surface area (Å²) in [6.45, 7) is 3.75. The molecule has 0 aromatic rings. The molecule has 70 valence electrons. The van der Waals surface area contributed by atoms with Crippen LogP contribution in [-0.2, 0) is 4.79 Å². The second-order valence-corrected chi connectivity index (χ2v) is 3.55. The number of carbonyl (C=O) groups is 1. The van der Waals surface area contributed by atoms with Crippen LogP contribution < -0.4 is 5.73 Å². The lowest BCUT2D eigenvalue weighted by atomic mass is 9.97. The van der Waals surface area contributed by atoms with Crippen LogP contribution >= 0.6 is 0 Å². The number of halogens is 1. The first-order valence-corrected chi connectivity index (χ1v) is 4.17. The van der Waals surface area contributed by atoms with E-state index in [2.05, 4.69) is 0 Å². The second kappa shape index (κ2) is 3.01. The molecule has 2 atom stereocenters. The molecule has 0 aromatic carbocycles. The van der Waals surface area contributed by atoms with Crippen molar-refractivity contribution in [3.63, 3.8) is 0 Å². The first-order valence-electron chi connectivity index (χ1n) is 4.17. The Balaban J connectivity index is 2.60. The molecule has 0 aliphatic carbocycles. The molecule has 1 aliphatic rings. The van der Waals surface area contributed by atoms with Crippen LogP contribution in [-0.4, -0.2) is 29.2 Å². The number of rotatable bonds is 0. The maximum Gasteiger partial charge on any atom is 0.219 e. The van der Waals surface area contributed by atoms with E-state index in [0.717, 1.165) is 0 Å². The fraction of sp³-hybridized carbons (Fsp3) is 0.875. The summed E-state index contributed by atoms with van der Waals surface area (Å²) in [5.74, 6) is -1.58. The molecule has 0 saturated carbocycles. The van der Waals surface area contributed by atoms with E-state index in [1.807, 2.05) is 6.92 Å². The molecular weight excluding hydrogens is 159 g/mol. The maximum absolute atomic E-state index is 13.2. The van der Waals surface area contributed by atoms with Crippen molar-refractivity contribution in [2.24, 2.45) is 5.73 Å². The van der Waals surface area contributed by atoms with Gasteiger partial charge in [-0.1, -0.05) is 0 Å². The molecule has 0 bridgehead atoms. The molecule has 0 spiro atoms. The van der Waals surface area contributed by atoms with Crippen molar-refractivity contribution in [3.05, 3.63) is 0 Å². The highest BCUT2D eigenvalue weighted by Crippen LogP contribution is 2.25. The van der Waals surface area contributed by atoms with Gasteiger partial charge in [-0.3, -0.25) is 10.5 Å². The monoisotopic (exact) mass is 174 g/mol. The van der Waals surface area contributed by atoms with E-state index in [1.165, 1.54) is 6.92 Å². The topological polar surface area (TPSA) is 46.3 Å². The average Bonchev–Trinajstić information content (AvgIpc) is 1.83. The van der Waals surface area contributed by atoms with Crippen molar-refractivity contribution in [2.75, 3.05) is 6.54 Å². The van der Waals surface area contributed by atoms with Gasteiger partial charge in [0, 0.05) is 32.4 Å². The Labute approximate surface area is 71.7 Å². The van der Waals surface area contributed by atoms with Crippen molar-refractivity contribution >= 4 is 5.91 Å². The van der Waals surface area contributed by atoms with E-state index in [0.29, 0.717) is 6.54 Å². The third-order valence-corrected chi connectivity index (χ3v) is 2.34. The Morgan fingerprint density at radius 1 is 1.75 bits per heavy atom. The predicted molar refractivity (Wildman–Crippen MR) is 44.1 cm³/mol. The summed E-state index contributed by atoms with van der Waals surface area (Å²) in [7, 11) is 0. The average molecular weight is 174 g/mol. The number of hydrogen-bond acceptors (Lipinski definition) is 2. The lowest BCUT2D eigenvalue weighted by Crippen LogP contribution is -2.52. The number of nitrogens with zero attached hydrogens (tertiary/aromatic N) is 1. The van der Waals surface area contributed by atoms with Crippen LogP contribution in [0.5, 0.6) is 0 Å². The molecule has 12 heavy (non-hydrogen) atoms. The SMILES string of the molecule is CC(=O)N1CCC(N)(F)C[C@H]1C. The molecule has 1 saturated heterocycles. The van der Waals surface area contributed by atoms with Crippen molar-refractivity contribution in [1.29, 1.82) is 0 Å². The van der Waals surface area contributed by atoms with Gasteiger partial charge in [0.1, 0.15) is 0 Å². The van der Waals surface area contributed by atoms with Gasteiger partial charge in [-0.15, -0.1) is 0 Å². The molecular formula is C8H15FN2O. The number of likely N-dealkylation sites (tertiary alicyclic amines) is 1. The first-order chi connectivity index (χ1) is 5.42. The van der Waals surface area contributed by atoms with Gasteiger partial charge in [0.2, 0.25) is 5.91 Å². The molecule has 0 aromatic heterocycles. The fourth-order valence-electron chi connectivity index (χ4n) is 1.70. The molecule has 2 N–H and O–H groups in total. The highest BCUT2D eigenvalue weighted by Gasteiger charge is 2.35. The van der Waals surface area contributed by atoms with Gasteiger partial charge < -0.3 is 4.90 Å². The predicted octanol–water partition coefficient (Wildman–Crippen LogP) is 0.642. The van der Waals surface area contributed by atoms with E-state index in [-0.39, 0.29) is 24.8 Å². The van der Waals surface area contributed by atoms with E-state index in [4.69, 9.17) is 5.73 Å². The van der Waals surface area contributed by atoms with Crippen LogP contribution in [0.2, 0.25) is 0 Å². The van der Waals surface area contributed by atoms with Crippen LogP contribution in [0.15, 0.2) is 0 Å². The summed E-state index contributed by atoms with van der Waals surface area (Å²) < 4.78 is 13.2. The zero-order valence-corrected chi connectivity index (χ0v) is 7.51. The minimum atomic E-state index is -1.58. The summed E-state index contributed by atoms with van der Waals surface area (Å²) in [6.07, 6.45) is 0.490. The Morgan fingerprint density at radius 3 is 2.75 bits per heavy atom. The summed E-state index contributed by atoms with van der Waals surface area (Å²) in [4.78, 5) is 12.6. The number of amides is 1. The van der Waals surface area contributed by atoms with Gasteiger partial charge in [0.25, 0.3) is 0 Å². The Kier molecular flexibility index (Phi) is 2.37. The first kappa shape index (κ1) is 9.45. The highest BCUT2D eigenvalue weighted by molar-refractivity contribution is 5.73. The number of piperidine rings is 1. The van der Waals surface area contributed by atoms with Crippen molar-refractivity contribution in [2.45, 2.75) is 38.5 Å². The molecule has 3 nitrogen and oxygen atoms in total. The Bertz CT molecular complexity index is 193. The molecule has 0 radical (unpaired) electrons. The molecule has 1 fully saturated rings. The van der Waals surface area contributed by atoms with Crippen molar-refractivity contribution in [1.82, 2.24) is 4.90 Å². The molecule has 1 rings (SSSR count). The lowest BCUT2D eigenvalue weighted by molar-refractivity contribution is -0.134. The Morgan fingerprint density at radius 2 is 2.33 bits per heavy atom. The largest absolute Gasteiger partial charge is 0.340 e. The standard InChI is InChI=1S/C8H15FN2O/c1-6-5-8(9,10)3-4-11(6)7(2)12/h6H,3-5,10H2,1-2H3/t6-,8?/m1/s1. The van der Waals surface area contributed by atoms with E-state index >= 15 is 0 Å². The summed E-state index contributed by atoms with van der Waals surface area (Å²) in [5.41, 5.74) is 5.33. The van der Waals surface area contributed by atoms with Gasteiger partial charge in [0.05, 0.1) is 0 Å².